The molecular formula is C11H9Cl3N2O. The van der Waals surface area contributed by atoms with E-state index in [1.165, 1.54) is 0 Å². The van der Waals surface area contributed by atoms with E-state index in [9.17, 15) is 0 Å². The first-order valence-corrected chi connectivity index (χ1v) is 6.04. The van der Waals surface area contributed by atoms with Gasteiger partial charge in [0, 0.05) is 6.08 Å². The van der Waals surface area contributed by atoms with Crippen LogP contribution in [0.4, 0.5) is 0 Å². The van der Waals surface area contributed by atoms with E-state index in [4.69, 9.17) is 39.5 Å². The predicted octanol–water partition coefficient (Wildman–Crippen LogP) is 3.72. The van der Waals surface area contributed by atoms with Gasteiger partial charge < -0.3 is 4.74 Å². The third kappa shape index (κ3) is 3.06. The van der Waals surface area contributed by atoms with Crippen molar-refractivity contribution in [2.45, 2.75) is 12.4 Å². The van der Waals surface area contributed by atoms with E-state index < -0.39 is 0 Å². The largest absolute Gasteiger partial charge is 0.434 e. The number of hydrogen-bond acceptors (Lipinski definition) is 3. The number of benzene rings is 1. The number of nitrogens with one attached hydrogen (secondary N) is 1. The summed E-state index contributed by atoms with van der Waals surface area (Å²) in [5.41, 5.74) is 3.30. The molecule has 3 nitrogen and oxygen atoms in total. The minimum absolute atomic E-state index is 0.327. The lowest BCUT2D eigenvalue weighted by molar-refractivity contribution is 0.538. The molecule has 1 aromatic rings. The number of ether oxygens (including phenoxy) is 1. The molecule has 0 radical (unpaired) electrons. The Balaban J connectivity index is 2.23. The van der Waals surface area contributed by atoms with Crippen LogP contribution in [-0.4, -0.2) is 11.4 Å². The van der Waals surface area contributed by atoms with Crippen LogP contribution in [0.5, 0.6) is 5.75 Å². The Morgan fingerprint density at radius 1 is 1.29 bits per heavy atom. The van der Waals surface area contributed by atoms with E-state index in [1.54, 1.807) is 24.3 Å². The number of aryl methyl sites for hydroxylation is 1. The number of halogens is 3. The zero-order valence-corrected chi connectivity index (χ0v) is 11.1. The molecule has 0 saturated heterocycles. The van der Waals surface area contributed by atoms with Gasteiger partial charge in [0.2, 0.25) is 5.90 Å². The Labute approximate surface area is 114 Å². The number of alkyl halides is 1. The average molecular weight is 292 g/mol. The van der Waals surface area contributed by atoms with Crippen molar-refractivity contribution < 1.29 is 4.74 Å². The summed E-state index contributed by atoms with van der Waals surface area (Å²) < 4.78 is 5.50. The Morgan fingerprint density at radius 3 is 2.47 bits per heavy atom. The Bertz CT molecular complexity index is 476. The normalized spacial score (nSPS) is 18.6. The first-order chi connectivity index (χ1) is 8.06. The lowest BCUT2D eigenvalue weighted by Crippen LogP contribution is -2.24. The van der Waals surface area contributed by atoms with Crippen molar-refractivity contribution in [1.29, 1.82) is 0 Å². The van der Waals surface area contributed by atoms with Gasteiger partial charge >= 0.3 is 0 Å². The highest BCUT2D eigenvalue weighted by molar-refractivity contribution is 6.37. The van der Waals surface area contributed by atoms with Gasteiger partial charge in [-0.3, -0.25) is 5.43 Å². The van der Waals surface area contributed by atoms with Crippen molar-refractivity contribution in [2.24, 2.45) is 5.10 Å². The molecule has 2 rings (SSSR count). The predicted molar refractivity (Wildman–Crippen MR) is 71.2 cm³/mol. The lowest BCUT2D eigenvalue weighted by Gasteiger charge is -2.14. The van der Waals surface area contributed by atoms with E-state index in [0.29, 0.717) is 21.7 Å². The second kappa shape index (κ2) is 5.17. The standard InChI is InChI=1S/C11H9Cl3N2O/c1-6-4-7(12)11(8(13)5-6)17-10-3-2-9(14)15-16-10/h2-5,9,15H,1H3. The fourth-order valence-corrected chi connectivity index (χ4v) is 2.11. The van der Waals surface area contributed by atoms with Crippen LogP contribution >= 0.6 is 34.8 Å². The zero-order valence-electron chi connectivity index (χ0n) is 8.88. The van der Waals surface area contributed by atoms with Crippen LogP contribution in [-0.2, 0) is 0 Å². The van der Waals surface area contributed by atoms with Crippen LogP contribution in [0, 0.1) is 6.92 Å². The van der Waals surface area contributed by atoms with Gasteiger partial charge in [0.05, 0.1) is 10.0 Å². The molecule has 0 fully saturated rings. The number of hydrogen-bond donors (Lipinski definition) is 1. The lowest BCUT2D eigenvalue weighted by atomic mass is 10.2. The van der Waals surface area contributed by atoms with Crippen molar-refractivity contribution in [2.75, 3.05) is 0 Å². The quantitative estimate of drug-likeness (QED) is 0.632. The zero-order chi connectivity index (χ0) is 12.4. The molecule has 1 unspecified atom stereocenters. The number of hydrazone groups is 1. The molecule has 0 bridgehead atoms. The van der Waals surface area contributed by atoms with Crippen molar-refractivity contribution in [1.82, 2.24) is 5.43 Å². The molecule has 1 aliphatic heterocycles. The van der Waals surface area contributed by atoms with E-state index >= 15 is 0 Å². The van der Waals surface area contributed by atoms with Gasteiger partial charge in [-0.1, -0.05) is 34.8 Å². The molecule has 6 heteroatoms. The molecular weight excluding hydrogens is 282 g/mol. The highest BCUT2D eigenvalue weighted by atomic mass is 35.5. The van der Waals surface area contributed by atoms with Gasteiger partial charge in [0.1, 0.15) is 5.50 Å². The SMILES string of the molecule is Cc1cc(Cl)c(OC2=NNC(Cl)C=C2)c(Cl)c1. The van der Waals surface area contributed by atoms with E-state index in [1.807, 2.05) is 6.92 Å². The molecule has 90 valence electrons. The third-order valence-electron chi connectivity index (χ3n) is 2.06. The second-order valence-electron chi connectivity index (χ2n) is 3.50. The van der Waals surface area contributed by atoms with Gasteiger partial charge in [-0.2, -0.15) is 0 Å². The van der Waals surface area contributed by atoms with Crippen LogP contribution in [0.15, 0.2) is 29.4 Å². The summed E-state index contributed by atoms with van der Waals surface area (Å²) in [7, 11) is 0. The fraction of sp³-hybridized carbons (Fsp3) is 0.182. The van der Waals surface area contributed by atoms with Crippen molar-refractivity contribution in [3.05, 3.63) is 39.9 Å². The maximum Gasteiger partial charge on any atom is 0.236 e. The first-order valence-electron chi connectivity index (χ1n) is 4.85. The van der Waals surface area contributed by atoms with E-state index in [-0.39, 0.29) is 5.50 Å². The Hall–Kier alpha value is -0.900. The van der Waals surface area contributed by atoms with Crippen LogP contribution < -0.4 is 10.2 Å². The highest BCUT2D eigenvalue weighted by Crippen LogP contribution is 2.34. The minimum atomic E-state index is -0.327. The second-order valence-corrected chi connectivity index (χ2v) is 4.78. The molecule has 0 amide bonds. The van der Waals surface area contributed by atoms with Gasteiger partial charge in [-0.15, -0.1) is 5.10 Å². The van der Waals surface area contributed by atoms with E-state index in [2.05, 4.69) is 10.5 Å². The van der Waals surface area contributed by atoms with Gasteiger partial charge in [0.25, 0.3) is 0 Å². The molecule has 1 aromatic carbocycles. The molecule has 0 spiro atoms. The van der Waals surface area contributed by atoms with Gasteiger partial charge in [-0.25, -0.2) is 0 Å². The van der Waals surface area contributed by atoms with Crippen LogP contribution in [0.25, 0.3) is 0 Å². The molecule has 0 aromatic heterocycles. The molecule has 0 aliphatic carbocycles. The van der Waals surface area contributed by atoms with Crippen molar-refractivity contribution in [3.63, 3.8) is 0 Å². The van der Waals surface area contributed by atoms with Crippen molar-refractivity contribution in [3.8, 4) is 5.75 Å². The molecule has 0 saturated carbocycles. The summed E-state index contributed by atoms with van der Waals surface area (Å²) in [4.78, 5) is 0. The summed E-state index contributed by atoms with van der Waals surface area (Å²) in [5.74, 6) is 0.742. The van der Waals surface area contributed by atoms with Gasteiger partial charge in [0.15, 0.2) is 5.75 Å². The summed E-state index contributed by atoms with van der Waals surface area (Å²) in [6, 6.07) is 3.54. The third-order valence-corrected chi connectivity index (χ3v) is 2.86. The topological polar surface area (TPSA) is 33.6 Å². The fourth-order valence-electron chi connectivity index (χ4n) is 1.32. The molecule has 1 atom stereocenters. The molecule has 1 aliphatic rings. The smallest absolute Gasteiger partial charge is 0.236 e. The monoisotopic (exact) mass is 290 g/mol. The first kappa shape index (κ1) is 12.6. The number of rotatable bonds is 1. The maximum atomic E-state index is 6.05. The maximum absolute atomic E-state index is 6.05. The van der Waals surface area contributed by atoms with Crippen LogP contribution in [0.2, 0.25) is 10.0 Å². The van der Waals surface area contributed by atoms with Crippen LogP contribution in [0.1, 0.15) is 5.56 Å². The summed E-state index contributed by atoms with van der Waals surface area (Å²) in [6.45, 7) is 1.90. The van der Waals surface area contributed by atoms with Crippen LogP contribution in [0.3, 0.4) is 0 Å². The van der Waals surface area contributed by atoms with Gasteiger partial charge in [-0.05, 0) is 30.7 Å². The Kier molecular flexibility index (Phi) is 3.82. The Morgan fingerprint density at radius 2 is 1.94 bits per heavy atom. The molecule has 17 heavy (non-hydrogen) atoms. The summed E-state index contributed by atoms with van der Waals surface area (Å²) >= 11 is 17.9. The average Bonchev–Trinajstić information content (AvgIpc) is 2.26. The van der Waals surface area contributed by atoms with E-state index in [0.717, 1.165) is 5.56 Å². The van der Waals surface area contributed by atoms with Crippen molar-refractivity contribution >= 4 is 40.7 Å². The molecule has 1 N–H and O–H groups in total. The summed E-state index contributed by atoms with van der Waals surface area (Å²) in [5, 5.41) is 4.81. The summed E-state index contributed by atoms with van der Waals surface area (Å²) in [6.07, 6.45) is 3.36. The number of nitrogens with zero attached hydrogens (tertiary/aromatic N) is 1. The highest BCUT2D eigenvalue weighted by Gasteiger charge is 2.13. The molecule has 1 heterocycles. The minimum Gasteiger partial charge on any atom is -0.434 e.